The molecule has 0 aromatic carbocycles. The first-order valence-electron chi connectivity index (χ1n) is 11.0. The number of nitrogens with zero attached hydrogens (tertiary/aromatic N) is 3. The Bertz CT molecular complexity index is 821. The third-order valence-electron chi connectivity index (χ3n) is 6.21. The Morgan fingerprint density at radius 3 is 2.57 bits per heavy atom. The van der Waals surface area contributed by atoms with Gasteiger partial charge in [0.05, 0.1) is 23.1 Å². The van der Waals surface area contributed by atoms with Gasteiger partial charge in [0.1, 0.15) is 11.6 Å². The second-order valence-corrected chi connectivity index (χ2v) is 8.78. The second-order valence-electron chi connectivity index (χ2n) is 8.37. The summed E-state index contributed by atoms with van der Waals surface area (Å²) < 4.78 is 5.43. The molecule has 162 valence electrons. The van der Waals surface area contributed by atoms with E-state index in [4.69, 9.17) is 27.1 Å². The van der Waals surface area contributed by atoms with E-state index in [1.807, 2.05) is 6.07 Å². The van der Waals surface area contributed by atoms with Crippen molar-refractivity contribution in [2.24, 2.45) is 17.6 Å². The monoisotopic (exact) mass is 430 g/mol. The van der Waals surface area contributed by atoms with E-state index in [1.54, 1.807) is 18.6 Å². The maximum Gasteiger partial charge on any atom is 0.145 e. The number of halogens is 1. The summed E-state index contributed by atoms with van der Waals surface area (Å²) in [5.74, 6) is 2.86. The van der Waals surface area contributed by atoms with E-state index in [2.05, 4.69) is 20.6 Å². The number of rotatable bonds is 7. The van der Waals surface area contributed by atoms with Crippen LogP contribution in [0.2, 0.25) is 5.02 Å². The number of nitrogens with two attached hydrogens (primary N) is 1. The number of hydrogen-bond donors (Lipinski definition) is 3. The Hall–Kier alpha value is -1.96. The zero-order chi connectivity index (χ0) is 20.8. The summed E-state index contributed by atoms with van der Waals surface area (Å²) in [4.78, 5) is 13.6. The predicted molar refractivity (Wildman–Crippen MR) is 121 cm³/mol. The van der Waals surface area contributed by atoms with Gasteiger partial charge < -0.3 is 21.1 Å². The molecule has 8 heteroatoms. The van der Waals surface area contributed by atoms with E-state index < -0.39 is 0 Å². The number of aromatic nitrogens is 3. The minimum absolute atomic E-state index is 0.424. The van der Waals surface area contributed by atoms with E-state index in [1.165, 1.54) is 12.8 Å². The van der Waals surface area contributed by atoms with Crippen LogP contribution >= 0.6 is 11.6 Å². The SMILES string of the molecule is NC[C@H]1CC[C@H](Nc2cc(-c3cncc(NCC4CCOCC4)n3)c(Cl)cn2)CC1. The lowest BCUT2D eigenvalue weighted by atomic mass is 9.86. The summed E-state index contributed by atoms with van der Waals surface area (Å²) in [5.41, 5.74) is 7.39. The molecule has 30 heavy (non-hydrogen) atoms. The fraction of sp³-hybridized carbons (Fsp3) is 0.591. The van der Waals surface area contributed by atoms with Crippen LogP contribution in [0.3, 0.4) is 0 Å². The van der Waals surface area contributed by atoms with Crippen molar-refractivity contribution in [3.8, 4) is 11.3 Å². The van der Waals surface area contributed by atoms with Crippen LogP contribution in [0.1, 0.15) is 38.5 Å². The minimum atomic E-state index is 0.424. The Kier molecular flexibility index (Phi) is 7.36. The molecule has 7 nitrogen and oxygen atoms in total. The molecule has 2 aromatic rings. The van der Waals surface area contributed by atoms with Gasteiger partial charge in [-0.25, -0.2) is 9.97 Å². The van der Waals surface area contributed by atoms with Crippen LogP contribution < -0.4 is 16.4 Å². The molecule has 2 fully saturated rings. The summed E-state index contributed by atoms with van der Waals surface area (Å²) in [7, 11) is 0. The predicted octanol–water partition coefficient (Wildman–Crippen LogP) is 3.96. The molecule has 1 saturated heterocycles. The Labute approximate surface area is 183 Å². The van der Waals surface area contributed by atoms with Crippen molar-refractivity contribution >= 4 is 23.2 Å². The summed E-state index contributed by atoms with van der Waals surface area (Å²) in [6.07, 6.45) is 11.9. The number of hydrogen-bond acceptors (Lipinski definition) is 7. The molecule has 0 atom stereocenters. The highest BCUT2D eigenvalue weighted by Crippen LogP contribution is 2.30. The first-order valence-corrected chi connectivity index (χ1v) is 11.3. The smallest absolute Gasteiger partial charge is 0.145 e. The number of pyridine rings is 1. The molecule has 0 radical (unpaired) electrons. The van der Waals surface area contributed by atoms with E-state index in [9.17, 15) is 0 Å². The van der Waals surface area contributed by atoms with Crippen LogP contribution in [-0.4, -0.2) is 47.3 Å². The molecular formula is C22H31ClN6O. The van der Waals surface area contributed by atoms with Crippen molar-refractivity contribution in [3.63, 3.8) is 0 Å². The first-order chi connectivity index (χ1) is 14.7. The normalized spacial score (nSPS) is 22.6. The standard InChI is InChI=1S/C22H31ClN6O/c23-19-12-27-21(28-17-3-1-15(10-24)2-4-17)9-18(19)20-13-25-14-22(29-20)26-11-16-5-7-30-8-6-16/h9,12-17H,1-8,10-11,24H2,(H,26,29)(H,27,28)/t15-,17-. The number of anilines is 2. The molecule has 1 aliphatic heterocycles. The van der Waals surface area contributed by atoms with Crippen LogP contribution in [0.5, 0.6) is 0 Å². The Balaban J connectivity index is 1.42. The van der Waals surface area contributed by atoms with Crippen molar-refractivity contribution < 1.29 is 4.74 Å². The molecule has 2 aromatic heterocycles. The highest BCUT2D eigenvalue weighted by Gasteiger charge is 2.21. The maximum absolute atomic E-state index is 6.46. The van der Waals surface area contributed by atoms with Crippen molar-refractivity contribution in [3.05, 3.63) is 29.7 Å². The van der Waals surface area contributed by atoms with Crippen LogP contribution in [-0.2, 0) is 4.74 Å². The quantitative estimate of drug-likeness (QED) is 0.611. The van der Waals surface area contributed by atoms with Gasteiger partial charge in [0.25, 0.3) is 0 Å². The van der Waals surface area contributed by atoms with Gasteiger partial charge in [-0.2, -0.15) is 0 Å². The summed E-state index contributed by atoms with van der Waals surface area (Å²) in [5, 5.41) is 7.55. The molecule has 3 heterocycles. The van der Waals surface area contributed by atoms with Crippen LogP contribution in [0.15, 0.2) is 24.7 Å². The Morgan fingerprint density at radius 1 is 1.00 bits per heavy atom. The topological polar surface area (TPSA) is 98.0 Å². The molecule has 1 saturated carbocycles. The highest BCUT2D eigenvalue weighted by molar-refractivity contribution is 6.33. The van der Waals surface area contributed by atoms with Crippen molar-refractivity contribution in [1.29, 1.82) is 0 Å². The van der Waals surface area contributed by atoms with Crippen LogP contribution in [0.4, 0.5) is 11.6 Å². The average molecular weight is 431 g/mol. The summed E-state index contributed by atoms with van der Waals surface area (Å²) in [6.45, 7) is 3.35. The molecule has 0 spiro atoms. The third kappa shape index (κ3) is 5.59. The van der Waals surface area contributed by atoms with Gasteiger partial charge in [-0.1, -0.05) is 11.6 Å². The minimum Gasteiger partial charge on any atom is -0.381 e. The van der Waals surface area contributed by atoms with Crippen LogP contribution in [0, 0.1) is 11.8 Å². The van der Waals surface area contributed by atoms with Gasteiger partial charge in [-0.15, -0.1) is 0 Å². The first kappa shape index (κ1) is 21.3. The zero-order valence-corrected chi connectivity index (χ0v) is 18.1. The van der Waals surface area contributed by atoms with E-state index in [-0.39, 0.29) is 0 Å². The lowest BCUT2D eigenvalue weighted by Crippen LogP contribution is -2.29. The summed E-state index contributed by atoms with van der Waals surface area (Å²) >= 11 is 6.46. The zero-order valence-electron chi connectivity index (χ0n) is 17.3. The van der Waals surface area contributed by atoms with Gasteiger partial charge in [0.2, 0.25) is 0 Å². The lowest BCUT2D eigenvalue weighted by Gasteiger charge is -2.28. The molecular weight excluding hydrogens is 400 g/mol. The third-order valence-corrected chi connectivity index (χ3v) is 6.51. The summed E-state index contributed by atoms with van der Waals surface area (Å²) in [6, 6.07) is 2.40. The van der Waals surface area contributed by atoms with Crippen LogP contribution in [0.25, 0.3) is 11.3 Å². The van der Waals surface area contributed by atoms with Gasteiger partial charge >= 0.3 is 0 Å². The largest absolute Gasteiger partial charge is 0.381 e. The highest BCUT2D eigenvalue weighted by atomic mass is 35.5. The Morgan fingerprint density at radius 2 is 1.80 bits per heavy atom. The van der Waals surface area contributed by atoms with Crippen molar-refractivity contribution in [1.82, 2.24) is 15.0 Å². The van der Waals surface area contributed by atoms with Gasteiger partial charge in [0, 0.05) is 37.6 Å². The fourth-order valence-electron chi connectivity index (χ4n) is 4.25. The van der Waals surface area contributed by atoms with Crippen molar-refractivity contribution in [2.75, 3.05) is 36.9 Å². The molecule has 2 aliphatic rings. The lowest BCUT2D eigenvalue weighted by molar-refractivity contribution is 0.0699. The van der Waals surface area contributed by atoms with Gasteiger partial charge in [0.15, 0.2) is 0 Å². The van der Waals surface area contributed by atoms with E-state index >= 15 is 0 Å². The molecule has 4 rings (SSSR count). The van der Waals surface area contributed by atoms with E-state index in [0.717, 1.165) is 74.9 Å². The molecule has 4 N–H and O–H groups in total. The number of ether oxygens (including phenoxy) is 1. The second kappa shape index (κ2) is 10.4. The molecule has 0 amide bonds. The number of nitrogens with one attached hydrogen (secondary N) is 2. The molecule has 0 unspecified atom stereocenters. The van der Waals surface area contributed by atoms with Crippen molar-refractivity contribution in [2.45, 2.75) is 44.6 Å². The van der Waals surface area contributed by atoms with E-state index in [0.29, 0.717) is 22.9 Å². The molecule has 1 aliphatic carbocycles. The average Bonchev–Trinajstić information content (AvgIpc) is 2.80. The fourth-order valence-corrected chi connectivity index (χ4v) is 4.45. The van der Waals surface area contributed by atoms with Gasteiger partial charge in [-0.3, -0.25) is 4.98 Å². The molecule has 0 bridgehead atoms. The van der Waals surface area contributed by atoms with Gasteiger partial charge in [-0.05, 0) is 63.0 Å². The maximum atomic E-state index is 6.46.